The zero-order valence-electron chi connectivity index (χ0n) is 14.7. The summed E-state index contributed by atoms with van der Waals surface area (Å²) in [4.78, 5) is 37.1. The van der Waals surface area contributed by atoms with Crippen molar-refractivity contribution in [2.45, 2.75) is 38.9 Å². The van der Waals surface area contributed by atoms with Gasteiger partial charge in [-0.15, -0.1) is 0 Å². The molecule has 1 saturated heterocycles. The van der Waals surface area contributed by atoms with Crippen LogP contribution in [0.25, 0.3) is 0 Å². The van der Waals surface area contributed by atoms with Crippen molar-refractivity contribution in [3.05, 3.63) is 47.5 Å². The molecule has 136 valence electrons. The van der Waals surface area contributed by atoms with Crippen LogP contribution in [-0.4, -0.2) is 23.8 Å². The summed E-state index contributed by atoms with van der Waals surface area (Å²) in [6, 6.07) is 9.53. The van der Waals surface area contributed by atoms with Gasteiger partial charge in [0.2, 0.25) is 0 Å². The number of carbonyl (C=O) groups is 3. The van der Waals surface area contributed by atoms with Gasteiger partial charge in [0.05, 0.1) is 11.8 Å². The molecule has 26 heavy (non-hydrogen) atoms. The molecule has 1 aromatic carbocycles. The number of ketones is 1. The molecule has 2 fully saturated rings. The summed E-state index contributed by atoms with van der Waals surface area (Å²) in [6.45, 7) is 2.06. The highest BCUT2D eigenvalue weighted by Gasteiger charge is 2.56. The fraction of sp³-hybridized carbons (Fsp3) is 0.476. The van der Waals surface area contributed by atoms with E-state index in [2.05, 4.69) is 0 Å². The van der Waals surface area contributed by atoms with Crippen LogP contribution in [-0.2, 0) is 30.5 Å². The van der Waals surface area contributed by atoms with E-state index < -0.39 is 5.92 Å². The molecule has 0 aromatic heterocycles. The summed E-state index contributed by atoms with van der Waals surface area (Å²) in [6.07, 6.45) is 2.93. The molecule has 3 aliphatic rings. The highest BCUT2D eigenvalue weighted by molar-refractivity contribution is 5.92. The Hall–Kier alpha value is -2.43. The second-order valence-electron chi connectivity index (χ2n) is 7.48. The van der Waals surface area contributed by atoms with E-state index in [1.165, 1.54) is 0 Å². The van der Waals surface area contributed by atoms with Crippen molar-refractivity contribution in [3.8, 4) is 0 Å². The standard InChI is InChI=1S/C21H22O5/c1-12-18-17(20(23)26-12)10-14-9-15(22)7-8-16(14)19(18)21(24)25-11-13-5-3-2-4-6-13/h2-6,9,12,16-19H,7-8,10-11H2,1H3/t12-,16?,17-,18-,19+/m1/s1. The highest BCUT2D eigenvalue weighted by atomic mass is 16.6. The number of hydrogen-bond acceptors (Lipinski definition) is 5. The van der Waals surface area contributed by atoms with Gasteiger partial charge in [0.25, 0.3) is 0 Å². The van der Waals surface area contributed by atoms with Crippen molar-refractivity contribution in [2.75, 3.05) is 0 Å². The minimum Gasteiger partial charge on any atom is -0.462 e. The Morgan fingerprint density at radius 1 is 1.19 bits per heavy atom. The zero-order chi connectivity index (χ0) is 18.3. The third-order valence-corrected chi connectivity index (χ3v) is 5.94. The third-order valence-electron chi connectivity index (χ3n) is 5.94. The normalized spacial score (nSPS) is 33.0. The average molecular weight is 354 g/mol. The molecule has 1 heterocycles. The number of cyclic esters (lactones) is 1. The minimum absolute atomic E-state index is 0.0332. The molecule has 0 N–H and O–H groups in total. The lowest BCUT2D eigenvalue weighted by atomic mass is 9.61. The van der Waals surface area contributed by atoms with Crippen LogP contribution in [0.3, 0.4) is 0 Å². The second-order valence-corrected chi connectivity index (χ2v) is 7.48. The third kappa shape index (κ3) is 2.96. The van der Waals surface area contributed by atoms with Crippen LogP contribution in [0.4, 0.5) is 0 Å². The van der Waals surface area contributed by atoms with E-state index >= 15 is 0 Å². The maximum Gasteiger partial charge on any atom is 0.310 e. The molecule has 0 spiro atoms. The van der Waals surface area contributed by atoms with Crippen molar-refractivity contribution >= 4 is 17.7 Å². The predicted octanol–water partition coefficient (Wildman–Crippen LogP) is 2.83. The second kappa shape index (κ2) is 6.71. The largest absolute Gasteiger partial charge is 0.462 e. The van der Waals surface area contributed by atoms with Gasteiger partial charge in [-0.05, 0) is 37.3 Å². The number of rotatable bonds is 3. The average Bonchev–Trinajstić information content (AvgIpc) is 2.92. The van der Waals surface area contributed by atoms with Gasteiger partial charge in [0, 0.05) is 12.3 Å². The van der Waals surface area contributed by atoms with Crippen LogP contribution in [0.15, 0.2) is 42.0 Å². The van der Waals surface area contributed by atoms with E-state index in [1.807, 2.05) is 37.3 Å². The smallest absolute Gasteiger partial charge is 0.310 e. The number of fused-ring (bicyclic) bond motifs is 2. The number of benzene rings is 1. The molecule has 5 heteroatoms. The first kappa shape index (κ1) is 17.0. The Morgan fingerprint density at radius 3 is 2.73 bits per heavy atom. The molecule has 1 aliphatic heterocycles. The number of ether oxygens (including phenoxy) is 2. The molecule has 4 rings (SSSR count). The van der Waals surface area contributed by atoms with Crippen molar-refractivity contribution in [1.82, 2.24) is 0 Å². The first-order valence-electron chi connectivity index (χ1n) is 9.19. The van der Waals surface area contributed by atoms with E-state index in [1.54, 1.807) is 6.08 Å². The lowest BCUT2D eigenvalue weighted by Gasteiger charge is -2.40. The highest BCUT2D eigenvalue weighted by Crippen LogP contribution is 2.51. The summed E-state index contributed by atoms with van der Waals surface area (Å²) in [5, 5.41) is 0. The van der Waals surface area contributed by atoms with E-state index in [0.29, 0.717) is 19.3 Å². The Balaban J connectivity index is 1.60. The Bertz CT molecular complexity index is 766. The van der Waals surface area contributed by atoms with Crippen LogP contribution in [0.1, 0.15) is 31.7 Å². The lowest BCUT2D eigenvalue weighted by Crippen LogP contribution is -2.44. The molecule has 5 atom stereocenters. The van der Waals surface area contributed by atoms with Gasteiger partial charge < -0.3 is 9.47 Å². The fourth-order valence-electron chi connectivity index (χ4n) is 4.75. The van der Waals surface area contributed by atoms with Gasteiger partial charge in [0.15, 0.2) is 5.78 Å². The first-order chi connectivity index (χ1) is 12.5. The minimum atomic E-state index is -0.432. The fourth-order valence-corrected chi connectivity index (χ4v) is 4.75. The van der Waals surface area contributed by atoms with Crippen molar-refractivity contribution in [3.63, 3.8) is 0 Å². The zero-order valence-corrected chi connectivity index (χ0v) is 14.7. The van der Waals surface area contributed by atoms with E-state index in [0.717, 1.165) is 11.1 Å². The topological polar surface area (TPSA) is 69.7 Å². The number of esters is 2. The van der Waals surface area contributed by atoms with E-state index in [-0.39, 0.29) is 48.2 Å². The van der Waals surface area contributed by atoms with Gasteiger partial charge in [-0.2, -0.15) is 0 Å². The molecular formula is C21H22O5. The summed E-state index contributed by atoms with van der Waals surface area (Å²) >= 11 is 0. The molecule has 0 radical (unpaired) electrons. The van der Waals surface area contributed by atoms with Crippen molar-refractivity contribution < 1.29 is 23.9 Å². The quantitative estimate of drug-likeness (QED) is 0.781. The lowest BCUT2D eigenvalue weighted by molar-refractivity contribution is -0.156. The molecule has 0 amide bonds. The van der Waals surface area contributed by atoms with Gasteiger partial charge in [-0.1, -0.05) is 35.9 Å². The van der Waals surface area contributed by atoms with E-state index in [4.69, 9.17) is 9.47 Å². The summed E-state index contributed by atoms with van der Waals surface area (Å²) in [7, 11) is 0. The van der Waals surface area contributed by atoms with Crippen LogP contribution in [0.2, 0.25) is 0 Å². The Labute approximate surface area is 152 Å². The maximum atomic E-state index is 13.0. The van der Waals surface area contributed by atoms with Gasteiger partial charge in [-0.25, -0.2) is 0 Å². The summed E-state index contributed by atoms with van der Waals surface area (Å²) in [5.74, 6) is -1.48. The molecule has 0 bridgehead atoms. The maximum absolute atomic E-state index is 13.0. The SMILES string of the molecule is C[C@H]1OC(=O)[C@@H]2CC3=CC(=O)CCC3[C@H](C(=O)OCc3ccccc3)[C@H]12. The first-order valence-corrected chi connectivity index (χ1v) is 9.19. The van der Waals surface area contributed by atoms with Gasteiger partial charge >= 0.3 is 11.9 Å². The molecule has 1 saturated carbocycles. The monoisotopic (exact) mass is 354 g/mol. The molecule has 2 aliphatic carbocycles. The van der Waals surface area contributed by atoms with Crippen LogP contribution < -0.4 is 0 Å². The van der Waals surface area contributed by atoms with Crippen LogP contribution >= 0.6 is 0 Å². The summed E-state index contributed by atoms with van der Waals surface area (Å²) < 4.78 is 11.0. The van der Waals surface area contributed by atoms with Gasteiger partial charge in [0.1, 0.15) is 12.7 Å². The predicted molar refractivity (Wildman–Crippen MR) is 92.7 cm³/mol. The van der Waals surface area contributed by atoms with Crippen molar-refractivity contribution in [1.29, 1.82) is 0 Å². The molecule has 1 unspecified atom stereocenters. The van der Waals surface area contributed by atoms with Gasteiger partial charge in [-0.3, -0.25) is 14.4 Å². The molecular weight excluding hydrogens is 332 g/mol. The van der Waals surface area contributed by atoms with Crippen LogP contribution in [0, 0.1) is 23.7 Å². The Morgan fingerprint density at radius 2 is 1.96 bits per heavy atom. The van der Waals surface area contributed by atoms with Crippen LogP contribution in [0.5, 0.6) is 0 Å². The number of carbonyl (C=O) groups excluding carboxylic acids is 3. The molecule has 1 aromatic rings. The Kier molecular flexibility index (Phi) is 4.39. The number of hydrogen-bond donors (Lipinski definition) is 0. The molecule has 5 nitrogen and oxygen atoms in total. The summed E-state index contributed by atoms with van der Waals surface area (Å²) in [5.41, 5.74) is 1.84. The van der Waals surface area contributed by atoms with E-state index in [9.17, 15) is 14.4 Å². The van der Waals surface area contributed by atoms with Crippen molar-refractivity contribution in [2.24, 2.45) is 23.7 Å². The number of allylic oxidation sites excluding steroid dienone is 2.